The van der Waals surface area contributed by atoms with Crippen LogP contribution < -0.4 is 10.1 Å². The number of nitrogens with zero attached hydrogens (tertiary/aromatic N) is 1. The van der Waals surface area contributed by atoms with Crippen LogP contribution in [0.15, 0.2) is 42.6 Å². The molecule has 0 unspecified atom stereocenters. The number of benzene rings is 1. The van der Waals surface area contributed by atoms with Crippen LogP contribution in [0.2, 0.25) is 0 Å². The van der Waals surface area contributed by atoms with E-state index in [4.69, 9.17) is 9.47 Å². The fourth-order valence-electron chi connectivity index (χ4n) is 4.52. The van der Waals surface area contributed by atoms with Crippen molar-refractivity contribution < 1.29 is 24.2 Å². The molecule has 0 saturated carbocycles. The van der Waals surface area contributed by atoms with E-state index in [-0.39, 0.29) is 34.6 Å². The third-order valence-electron chi connectivity index (χ3n) is 6.52. The first kappa shape index (κ1) is 24.6. The minimum Gasteiger partial charge on any atom is -0.503 e. The van der Waals surface area contributed by atoms with Crippen molar-refractivity contribution in [3.05, 3.63) is 53.9 Å². The molecule has 3 rings (SSSR count). The number of hydrogen-bond acceptors (Lipinski definition) is 6. The molecule has 1 aromatic carbocycles. The number of esters is 1. The summed E-state index contributed by atoms with van der Waals surface area (Å²) in [5.74, 6) is -1.09. The lowest BCUT2D eigenvalue weighted by Gasteiger charge is -2.33. The van der Waals surface area contributed by atoms with Gasteiger partial charge in [0, 0.05) is 12.3 Å². The Bertz CT molecular complexity index is 960. The molecule has 0 radical (unpaired) electrons. The van der Waals surface area contributed by atoms with Crippen LogP contribution in [0.4, 0.5) is 0 Å². The fourth-order valence-corrected chi connectivity index (χ4v) is 4.52. The molecule has 0 spiro atoms. The Labute approximate surface area is 195 Å². The number of methoxy groups -OCH3 is 1. The summed E-state index contributed by atoms with van der Waals surface area (Å²) >= 11 is 0. The Hall–Kier alpha value is -3.09. The first-order chi connectivity index (χ1) is 15.7. The molecule has 0 bridgehead atoms. The molecule has 7 heteroatoms. The zero-order valence-corrected chi connectivity index (χ0v) is 19.8. The molecule has 178 valence electrons. The average Bonchev–Trinajstić information content (AvgIpc) is 2.85. The number of pyridine rings is 1. The fraction of sp³-hybridized carbons (Fsp3) is 0.500. The Morgan fingerprint density at radius 2 is 1.91 bits per heavy atom. The molecule has 7 nitrogen and oxygen atoms in total. The van der Waals surface area contributed by atoms with Crippen LogP contribution in [0, 0.1) is 5.92 Å². The van der Waals surface area contributed by atoms with Crippen LogP contribution in [-0.4, -0.2) is 41.2 Å². The zero-order valence-electron chi connectivity index (χ0n) is 19.8. The van der Waals surface area contributed by atoms with Gasteiger partial charge in [-0.3, -0.25) is 4.79 Å². The van der Waals surface area contributed by atoms with Crippen molar-refractivity contribution in [2.24, 2.45) is 5.92 Å². The molecule has 0 aliphatic carbocycles. The Morgan fingerprint density at radius 3 is 2.61 bits per heavy atom. The van der Waals surface area contributed by atoms with Gasteiger partial charge in [-0.05, 0) is 43.1 Å². The average molecular weight is 455 g/mol. The number of hydrogen-bond donors (Lipinski definition) is 2. The summed E-state index contributed by atoms with van der Waals surface area (Å²) in [6.07, 6.45) is 5.12. The van der Waals surface area contributed by atoms with Crippen LogP contribution in [-0.2, 0) is 14.9 Å². The maximum absolute atomic E-state index is 12.9. The van der Waals surface area contributed by atoms with Crippen molar-refractivity contribution in [2.75, 3.05) is 7.11 Å². The Morgan fingerprint density at radius 1 is 1.21 bits per heavy atom. The molecule has 1 fully saturated rings. The van der Waals surface area contributed by atoms with Gasteiger partial charge in [-0.1, -0.05) is 57.0 Å². The van der Waals surface area contributed by atoms with Gasteiger partial charge in [0.05, 0.1) is 7.11 Å². The number of carbonyl (C=O) groups excluding carboxylic acids is 2. The maximum atomic E-state index is 12.9. The number of aromatic hydroxyl groups is 1. The lowest BCUT2D eigenvalue weighted by molar-refractivity contribution is -0.153. The smallest absolute Gasteiger partial charge is 0.328 e. The van der Waals surface area contributed by atoms with Gasteiger partial charge < -0.3 is 19.9 Å². The van der Waals surface area contributed by atoms with Crippen molar-refractivity contribution >= 4 is 11.9 Å². The minimum absolute atomic E-state index is 0.0518. The molecule has 2 aromatic rings. The van der Waals surface area contributed by atoms with Crippen molar-refractivity contribution in [1.82, 2.24) is 10.3 Å². The lowest BCUT2D eigenvalue weighted by atomic mass is 9.74. The highest BCUT2D eigenvalue weighted by Gasteiger charge is 2.33. The van der Waals surface area contributed by atoms with Gasteiger partial charge in [-0.15, -0.1) is 0 Å². The molecule has 1 aliphatic heterocycles. The molecule has 2 heterocycles. The van der Waals surface area contributed by atoms with E-state index in [9.17, 15) is 14.7 Å². The van der Waals surface area contributed by atoms with Crippen molar-refractivity contribution in [3.8, 4) is 11.5 Å². The quantitative estimate of drug-likeness (QED) is 0.629. The molecular formula is C26H34N2O5. The molecule has 1 saturated heterocycles. The minimum atomic E-state index is -0.798. The summed E-state index contributed by atoms with van der Waals surface area (Å²) < 4.78 is 10.9. The monoisotopic (exact) mass is 454 g/mol. The highest BCUT2D eigenvalue weighted by atomic mass is 16.5. The standard InChI is InChI=1S/C26H34N2O5/c1-17-18(16-26(2,3)19-11-6-5-7-12-19)10-8-9-13-20(25(31)33-17)28-24(30)22-23(29)21(32-4)14-15-27-22/h5-7,11-12,14-15,17-18,20,29H,8-10,13,16H2,1-4H3,(H,28,30)/t17-,18-,20-/m0/s1. The van der Waals surface area contributed by atoms with Crippen molar-refractivity contribution in [2.45, 2.75) is 70.4 Å². The summed E-state index contributed by atoms with van der Waals surface area (Å²) in [4.78, 5) is 29.6. The second kappa shape index (κ2) is 10.7. The Balaban J connectivity index is 1.69. The van der Waals surface area contributed by atoms with Crippen LogP contribution in [0.1, 0.15) is 68.9 Å². The predicted molar refractivity (Wildman–Crippen MR) is 125 cm³/mol. The molecular weight excluding hydrogens is 420 g/mol. The highest BCUT2D eigenvalue weighted by molar-refractivity contribution is 5.97. The van der Waals surface area contributed by atoms with E-state index < -0.39 is 17.9 Å². The number of nitrogens with one attached hydrogen (secondary N) is 1. The molecule has 1 aliphatic rings. The van der Waals surface area contributed by atoms with Gasteiger partial charge in [-0.25, -0.2) is 9.78 Å². The van der Waals surface area contributed by atoms with Gasteiger partial charge in [0.25, 0.3) is 5.91 Å². The topological polar surface area (TPSA) is 97.8 Å². The predicted octanol–water partition coefficient (Wildman–Crippen LogP) is 4.38. The van der Waals surface area contributed by atoms with E-state index >= 15 is 0 Å². The van der Waals surface area contributed by atoms with Gasteiger partial charge in [0.2, 0.25) is 0 Å². The Kier molecular flexibility index (Phi) is 7.95. The molecule has 2 N–H and O–H groups in total. The van der Waals surface area contributed by atoms with Crippen molar-refractivity contribution in [1.29, 1.82) is 0 Å². The first-order valence-corrected chi connectivity index (χ1v) is 11.5. The summed E-state index contributed by atoms with van der Waals surface area (Å²) in [5, 5.41) is 12.9. The third kappa shape index (κ3) is 6.03. The van der Waals surface area contributed by atoms with Gasteiger partial charge in [0.1, 0.15) is 12.1 Å². The summed E-state index contributed by atoms with van der Waals surface area (Å²) in [7, 11) is 1.39. The summed E-state index contributed by atoms with van der Waals surface area (Å²) in [5.41, 5.74) is 1.03. The van der Waals surface area contributed by atoms with E-state index in [0.717, 1.165) is 25.7 Å². The molecule has 1 aromatic heterocycles. The normalized spacial score (nSPS) is 21.8. The highest BCUT2D eigenvalue weighted by Crippen LogP contribution is 2.35. The third-order valence-corrected chi connectivity index (χ3v) is 6.52. The van der Waals surface area contributed by atoms with E-state index in [1.165, 1.54) is 24.9 Å². The van der Waals surface area contributed by atoms with E-state index in [2.05, 4.69) is 36.3 Å². The SMILES string of the molecule is COc1ccnc(C(=O)N[C@H]2CCCC[C@@H](CC(C)(C)c3ccccc3)[C@H](C)OC2=O)c1O. The summed E-state index contributed by atoms with van der Waals surface area (Å²) in [6.45, 7) is 6.38. The number of carbonyl (C=O) groups is 2. The largest absolute Gasteiger partial charge is 0.503 e. The second-order valence-electron chi connectivity index (χ2n) is 9.38. The molecule has 33 heavy (non-hydrogen) atoms. The first-order valence-electron chi connectivity index (χ1n) is 11.5. The summed E-state index contributed by atoms with van der Waals surface area (Å²) in [6, 6.07) is 11.0. The zero-order chi connectivity index (χ0) is 24.0. The number of amides is 1. The van der Waals surface area contributed by atoms with E-state index in [0.29, 0.717) is 6.42 Å². The van der Waals surface area contributed by atoms with Crippen LogP contribution in [0.25, 0.3) is 0 Å². The van der Waals surface area contributed by atoms with Gasteiger partial charge >= 0.3 is 5.97 Å². The number of aromatic nitrogens is 1. The maximum Gasteiger partial charge on any atom is 0.328 e. The second-order valence-corrected chi connectivity index (χ2v) is 9.38. The van der Waals surface area contributed by atoms with Gasteiger partial charge in [-0.2, -0.15) is 0 Å². The van der Waals surface area contributed by atoms with Crippen LogP contribution in [0.3, 0.4) is 0 Å². The number of cyclic esters (lactones) is 1. The number of rotatable bonds is 6. The number of ether oxygens (including phenoxy) is 2. The van der Waals surface area contributed by atoms with Crippen LogP contribution >= 0.6 is 0 Å². The van der Waals surface area contributed by atoms with E-state index in [1.54, 1.807) is 0 Å². The van der Waals surface area contributed by atoms with Gasteiger partial charge in [0.15, 0.2) is 17.2 Å². The molecule has 1 amide bonds. The molecule has 3 atom stereocenters. The van der Waals surface area contributed by atoms with E-state index in [1.807, 2.05) is 25.1 Å². The lowest BCUT2D eigenvalue weighted by Crippen LogP contribution is -2.43. The van der Waals surface area contributed by atoms with Crippen LogP contribution in [0.5, 0.6) is 11.5 Å². The van der Waals surface area contributed by atoms with Crippen molar-refractivity contribution in [3.63, 3.8) is 0 Å².